The number of nitrogens with zero attached hydrogens (tertiary/aromatic N) is 3. The number of sulfonamides is 1. The number of nitrogens with two attached hydrogens (primary N) is 1. The molecule has 13 heavy (non-hydrogen) atoms. The van der Waals surface area contributed by atoms with Crippen molar-refractivity contribution in [1.29, 1.82) is 0 Å². The lowest BCUT2D eigenvalue weighted by Gasteiger charge is -2.03. The van der Waals surface area contributed by atoms with E-state index in [0.717, 1.165) is 6.42 Å². The highest BCUT2D eigenvalue weighted by Gasteiger charge is 2.18. The SMILES string of the molecule is CCCn1c(C)nnc1S(N)(=O)=O. The predicted octanol–water partition coefficient (Wildman–Crippen LogP) is -0.356. The van der Waals surface area contributed by atoms with Crippen LogP contribution in [0.25, 0.3) is 0 Å². The largest absolute Gasteiger partial charge is 0.301 e. The third-order valence-electron chi connectivity index (χ3n) is 1.60. The first-order valence-corrected chi connectivity index (χ1v) is 5.44. The lowest BCUT2D eigenvalue weighted by molar-refractivity contribution is 0.552. The first-order chi connectivity index (χ1) is 5.96. The molecule has 2 N–H and O–H groups in total. The molecule has 1 aromatic rings. The standard InChI is InChI=1S/C6H12N4O2S/c1-3-4-10-5(2)8-9-6(10)13(7,11)12/h3-4H2,1-2H3,(H2,7,11,12). The molecule has 0 amide bonds. The summed E-state index contributed by atoms with van der Waals surface area (Å²) in [6, 6.07) is 0. The van der Waals surface area contributed by atoms with Crippen LogP contribution in [-0.2, 0) is 16.6 Å². The second kappa shape index (κ2) is 3.43. The molecule has 7 heteroatoms. The van der Waals surface area contributed by atoms with Crippen molar-refractivity contribution >= 4 is 10.0 Å². The van der Waals surface area contributed by atoms with Gasteiger partial charge in [-0.05, 0) is 13.3 Å². The number of hydrogen-bond donors (Lipinski definition) is 1. The summed E-state index contributed by atoms with van der Waals surface area (Å²) in [5.74, 6) is 0.561. The van der Waals surface area contributed by atoms with Crippen molar-refractivity contribution in [2.45, 2.75) is 32.0 Å². The Morgan fingerprint density at radius 3 is 2.54 bits per heavy atom. The Hall–Kier alpha value is -0.950. The molecule has 1 rings (SSSR count). The fourth-order valence-corrected chi connectivity index (χ4v) is 1.74. The molecule has 0 spiro atoms. The van der Waals surface area contributed by atoms with E-state index in [0.29, 0.717) is 12.4 Å². The summed E-state index contributed by atoms with van der Waals surface area (Å²) in [7, 11) is -3.75. The maximum Gasteiger partial charge on any atom is 0.273 e. The number of aromatic nitrogens is 3. The van der Waals surface area contributed by atoms with Crippen LogP contribution in [0.4, 0.5) is 0 Å². The molecule has 6 nitrogen and oxygen atoms in total. The van der Waals surface area contributed by atoms with Crippen molar-refractivity contribution in [2.75, 3.05) is 0 Å². The first-order valence-electron chi connectivity index (χ1n) is 3.89. The van der Waals surface area contributed by atoms with E-state index in [9.17, 15) is 8.42 Å². The van der Waals surface area contributed by atoms with Gasteiger partial charge in [-0.1, -0.05) is 6.92 Å². The summed E-state index contributed by atoms with van der Waals surface area (Å²) in [5, 5.41) is 12.0. The molecule has 0 bridgehead atoms. The predicted molar refractivity (Wildman–Crippen MR) is 46.4 cm³/mol. The zero-order chi connectivity index (χ0) is 10.1. The summed E-state index contributed by atoms with van der Waals surface area (Å²) < 4.78 is 23.5. The van der Waals surface area contributed by atoms with Gasteiger partial charge in [-0.2, -0.15) is 0 Å². The maximum atomic E-state index is 11.0. The Bertz CT molecular complexity index is 395. The molecule has 0 unspecified atom stereocenters. The molecule has 74 valence electrons. The van der Waals surface area contributed by atoms with Gasteiger partial charge in [0.1, 0.15) is 5.82 Å². The highest BCUT2D eigenvalue weighted by atomic mass is 32.2. The normalized spacial score (nSPS) is 11.9. The molecular formula is C6H12N4O2S. The van der Waals surface area contributed by atoms with Gasteiger partial charge < -0.3 is 4.57 Å². The van der Waals surface area contributed by atoms with Crippen molar-refractivity contribution < 1.29 is 8.42 Å². The van der Waals surface area contributed by atoms with Gasteiger partial charge >= 0.3 is 0 Å². The fourth-order valence-electron chi connectivity index (χ4n) is 1.05. The average molecular weight is 204 g/mol. The summed E-state index contributed by atoms with van der Waals surface area (Å²) in [6.45, 7) is 4.19. The molecule has 0 fully saturated rings. The van der Waals surface area contributed by atoms with Crippen molar-refractivity contribution in [3.63, 3.8) is 0 Å². The highest BCUT2D eigenvalue weighted by Crippen LogP contribution is 2.06. The van der Waals surface area contributed by atoms with Gasteiger partial charge in [0.15, 0.2) is 0 Å². The van der Waals surface area contributed by atoms with Crippen LogP contribution in [0.1, 0.15) is 19.2 Å². The van der Waals surface area contributed by atoms with Gasteiger partial charge in [-0.3, -0.25) is 0 Å². The second-order valence-corrected chi connectivity index (χ2v) is 4.18. The lowest BCUT2D eigenvalue weighted by Crippen LogP contribution is -2.19. The smallest absolute Gasteiger partial charge is 0.273 e. The van der Waals surface area contributed by atoms with Crippen molar-refractivity contribution in [2.24, 2.45) is 5.14 Å². The van der Waals surface area contributed by atoms with Gasteiger partial charge in [-0.25, -0.2) is 13.6 Å². The Morgan fingerprint density at radius 1 is 1.46 bits per heavy atom. The van der Waals surface area contributed by atoms with Gasteiger partial charge in [0.25, 0.3) is 15.2 Å². The van der Waals surface area contributed by atoms with Crippen LogP contribution >= 0.6 is 0 Å². The fraction of sp³-hybridized carbons (Fsp3) is 0.667. The number of primary sulfonamides is 1. The van der Waals surface area contributed by atoms with Crippen LogP contribution in [0.15, 0.2) is 5.16 Å². The zero-order valence-electron chi connectivity index (χ0n) is 7.56. The quantitative estimate of drug-likeness (QED) is 0.728. The van der Waals surface area contributed by atoms with E-state index >= 15 is 0 Å². The van der Waals surface area contributed by atoms with E-state index in [1.54, 1.807) is 6.92 Å². The van der Waals surface area contributed by atoms with Crippen LogP contribution in [0.3, 0.4) is 0 Å². The van der Waals surface area contributed by atoms with Gasteiger partial charge in [0.05, 0.1) is 0 Å². The minimum absolute atomic E-state index is 0.160. The topological polar surface area (TPSA) is 90.9 Å². The number of hydrogen-bond acceptors (Lipinski definition) is 4. The number of aryl methyl sites for hydroxylation is 1. The minimum Gasteiger partial charge on any atom is -0.301 e. The van der Waals surface area contributed by atoms with Crippen LogP contribution < -0.4 is 5.14 Å². The molecule has 0 atom stereocenters. The Kier molecular flexibility index (Phi) is 2.67. The Labute approximate surface area is 76.8 Å². The second-order valence-electron chi connectivity index (χ2n) is 2.73. The molecule has 0 aliphatic rings. The molecule has 0 saturated carbocycles. The average Bonchev–Trinajstić information content (AvgIpc) is 2.32. The monoisotopic (exact) mass is 204 g/mol. The van der Waals surface area contributed by atoms with Crippen molar-refractivity contribution in [3.8, 4) is 0 Å². The van der Waals surface area contributed by atoms with Gasteiger partial charge in [0, 0.05) is 6.54 Å². The molecule has 0 saturated heterocycles. The maximum absolute atomic E-state index is 11.0. The van der Waals surface area contributed by atoms with E-state index in [4.69, 9.17) is 5.14 Å². The van der Waals surface area contributed by atoms with E-state index in [1.807, 2.05) is 6.92 Å². The van der Waals surface area contributed by atoms with E-state index in [2.05, 4.69) is 10.2 Å². The molecule has 0 aliphatic heterocycles. The van der Waals surface area contributed by atoms with E-state index in [-0.39, 0.29) is 5.16 Å². The summed E-state index contributed by atoms with van der Waals surface area (Å²) in [5.41, 5.74) is 0. The third kappa shape index (κ3) is 2.04. The molecular weight excluding hydrogens is 192 g/mol. The van der Waals surface area contributed by atoms with Crippen LogP contribution in [0.2, 0.25) is 0 Å². The van der Waals surface area contributed by atoms with E-state index in [1.165, 1.54) is 4.57 Å². The highest BCUT2D eigenvalue weighted by molar-refractivity contribution is 7.89. The lowest BCUT2D eigenvalue weighted by atomic mass is 10.5. The van der Waals surface area contributed by atoms with Gasteiger partial charge in [-0.15, -0.1) is 10.2 Å². The zero-order valence-corrected chi connectivity index (χ0v) is 8.37. The summed E-state index contributed by atoms with van der Waals surface area (Å²) in [6.07, 6.45) is 0.807. The van der Waals surface area contributed by atoms with Crippen molar-refractivity contribution in [3.05, 3.63) is 5.82 Å². The Morgan fingerprint density at radius 2 is 2.08 bits per heavy atom. The van der Waals surface area contributed by atoms with Crippen molar-refractivity contribution in [1.82, 2.24) is 14.8 Å². The molecule has 1 aromatic heterocycles. The summed E-state index contributed by atoms with van der Waals surface area (Å²) >= 11 is 0. The van der Waals surface area contributed by atoms with Crippen LogP contribution in [-0.4, -0.2) is 23.2 Å². The molecule has 1 heterocycles. The number of rotatable bonds is 3. The summed E-state index contributed by atoms with van der Waals surface area (Å²) in [4.78, 5) is 0. The van der Waals surface area contributed by atoms with Gasteiger partial charge in [0.2, 0.25) is 0 Å². The molecule has 0 radical (unpaired) electrons. The third-order valence-corrected chi connectivity index (χ3v) is 2.41. The first kappa shape index (κ1) is 10.1. The van der Waals surface area contributed by atoms with E-state index < -0.39 is 10.0 Å². The van der Waals surface area contributed by atoms with Crippen LogP contribution in [0.5, 0.6) is 0 Å². The molecule has 0 aliphatic carbocycles. The molecule has 0 aromatic carbocycles. The van der Waals surface area contributed by atoms with Crippen LogP contribution in [0, 0.1) is 6.92 Å². The Balaban J connectivity index is 3.23. The minimum atomic E-state index is -3.75.